The summed E-state index contributed by atoms with van der Waals surface area (Å²) in [5, 5.41) is 50.3. The lowest BCUT2D eigenvalue weighted by atomic mass is 10.1. The van der Waals surface area contributed by atoms with Crippen LogP contribution in [0.1, 0.15) is 0 Å². The Kier molecular flexibility index (Phi) is 15.2. The topological polar surface area (TPSA) is 369 Å². The minimum Gasteiger partial charge on any atom is -0.505 e. The zero-order valence-electron chi connectivity index (χ0n) is 27.4. The third kappa shape index (κ3) is 12.0. The Labute approximate surface area is 324 Å². The van der Waals surface area contributed by atoms with Gasteiger partial charge in [0.1, 0.15) is 16.3 Å². The molecule has 0 heterocycles. The van der Waals surface area contributed by atoms with Gasteiger partial charge in [-0.25, -0.2) is 31.5 Å². The van der Waals surface area contributed by atoms with Gasteiger partial charge in [-0.05, 0) is 60.0 Å². The Morgan fingerprint density at radius 1 is 0.696 bits per heavy atom. The first kappa shape index (κ1) is 44.8. The molecule has 4 aromatic rings. The Hall–Kier alpha value is -3.96. The number of rotatable bonds is 20. The van der Waals surface area contributed by atoms with Crippen molar-refractivity contribution in [1.29, 1.82) is 0 Å². The number of hydrogen-bond acceptors (Lipinski definition) is 24. The van der Waals surface area contributed by atoms with Crippen molar-refractivity contribution in [3.05, 3.63) is 60.7 Å². The van der Waals surface area contributed by atoms with E-state index in [9.17, 15) is 43.3 Å². The van der Waals surface area contributed by atoms with Crippen molar-refractivity contribution in [2.45, 2.75) is 19.6 Å². The fourth-order valence-electron chi connectivity index (χ4n) is 4.39. The molecule has 0 radical (unpaired) electrons. The van der Waals surface area contributed by atoms with Gasteiger partial charge in [0.05, 0.1) is 73.9 Å². The van der Waals surface area contributed by atoms with E-state index < -0.39 is 86.0 Å². The second-order valence-corrected chi connectivity index (χ2v) is 18.3. The van der Waals surface area contributed by atoms with E-state index in [1.165, 1.54) is 18.2 Å². The minimum atomic E-state index is -5.11. The van der Waals surface area contributed by atoms with Crippen molar-refractivity contribution >= 4 is 104 Å². The van der Waals surface area contributed by atoms with E-state index in [1.807, 2.05) is 0 Å². The molecule has 0 bridgehead atoms. The Bertz CT molecular complexity index is 2570. The number of phenols is 1. The van der Waals surface area contributed by atoms with Gasteiger partial charge in [-0.3, -0.25) is 13.3 Å². The molecule has 0 spiro atoms. The standard InChI is InChI=1S/C26H25N5O19S6/c27-23-22-15(13-21(55(39,40)41)25(23)31-28-16-4-6-18(7-5-16)53(35,36)11-9-46-56(42,43)44)12-20(51-49-47-33)24(26(22)32)30-29-17-2-1-3-19(14-17)54(37,38)10-8-45-52-50-48-34/h1-7,12-14,32-34H,8-11,27H2,(H,39,40,41)(H,42,43,44). The smallest absolute Gasteiger partial charge is 0.397 e. The number of nitrogens with zero attached hydrogens (tertiary/aromatic N) is 4. The molecule has 0 atom stereocenters. The fourth-order valence-corrected chi connectivity index (χ4v) is 8.49. The molecular weight excluding hydrogens is 879 g/mol. The van der Waals surface area contributed by atoms with Crippen LogP contribution in [0.25, 0.3) is 10.8 Å². The number of hydrogen-bond donors (Lipinski definition) is 6. The van der Waals surface area contributed by atoms with Crippen molar-refractivity contribution < 1.29 is 85.5 Å². The molecule has 0 amide bonds. The number of phenolic OH excluding ortho intramolecular Hbond substituents is 1. The summed E-state index contributed by atoms with van der Waals surface area (Å²) in [6, 6.07) is 11.4. The zero-order chi connectivity index (χ0) is 41.3. The molecule has 0 saturated heterocycles. The van der Waals surface area contributed by atoms with Crippen LogP contribution < -0.4 is 5.73 Å². The molecule has 30 heteroatoms. The molecule has 4 aromatic carbocycles. The highest BCUT2D eigenvalue weighted by Crippen LogP contribution is 2.49. The van der Waals surface area contributed by atoms with Crippen LogP contribution in [0.2, 0.25) is 0 Å². The lowest BCUT2D eigenvalue weighted by molar-refractivity contribution is -0.434. The third-order valence-corrected chi connectivity index (χ3v) is 12.5. The molecule has 0 unspecified atom stereocenters. The number of benzene rings is 4. The van der Waals surface area contributed by atoms with Gasteiger partial charge >= 0.3 is 10.4 Å². The van der Waals surface area contributed by atoms with Crippen molar-refractivity contribution in [1.82, 2.24) is 0 Å². The number of azo groups is 2. The molecule has 4 rings (SSSR count). The Morgan fingerprint density at radius 2 is 1.32 bits per heavy atom. The molecule has 0 aliphatic rings. The summed E-state index contributed by atoms with van der Waals surface area (Å²) in [7, 11) is -18.1. The first-order valence-electron chi connectivity index (χ1n) is 14.4. The summed E-state index contributed by atoms with van der Waals surface area (Å²) in [4.78, 5) is -1.61. The number of fused-ring (bicyclic) bond motifs is 1. The molecule has 304 valence electrons. The number of sulfone groups is 2. The summed E-state index contributed by atoms with van der Waals surface area (Å²) < 4.78 is 133. The number of nitrogens with two attached hydrogens (primary N) is 1. The second-order valence-electron chi connectivity index (χ2n) is 10.3. The summed E-state index contributed by atoms with van der Waals surface area (Å²) in [6.45, 7) is -1.25. The fraction of sp³-hybridized carbons (Fsp3) is 0.154. The van der Waals surface area contributed by atoms with Crippen molar-refractivity contribution in [3.63, 3.8) is 0 Å². The molecule has 0 aromatic heterocycles. The molecule has 7 N–H and O–H groups in total. The van der Waals surface area contributed by atoms with Gasteiger partial charge in [-0.1, -0.05) is 16.1 Å². The third-order valence-electron chi connectivity index (χ3n) is 6.78. The van der Waals surface area contributed by atoms with Crippen LogP contribution in [0.4, 0.5) is 28.4 Å². The maximum Gasteiger partial charge on any atom is 0.397 e. The van der Waals surface area contributed by atoms with Crippen molar-refractivity contribution in [3.8, 4) is 5.75 Å². The van der Waals surface area contributed by atoms with Crippen LogP contribution in [0.5, 0.6) is 5.75 Å². The summed E-state index contributed by atoms with van der Waals surface area (Å²) in [5.74, 6) is -2.14. The van der Waals surface area contributed by atoms with E-state index in [1.54, 1.807) is 0 Å². The van der Waals surface area contributed by atoms with E-state index >= 15 is 0 Å². The highest BCUT2D eigenvalue weighted by atomic mass is 32.3. The van der Waals surface area contributed by atoms with Gasteiger partial charge in [-0.15, -0.1) is 18.9 Å². The molecule has 24 nitrogen and oxygen atoms in total. The summed E-state index contributed by atoms with van der Waals surface area (Å²) in [5.41, 5.74) is 4.45. The van der Waals surface area contributed by atoms with Crippen molar-refractivity contribution in [2.24, 2.45) is 20.5 Å². The van der Waals surface area contributed by atoms with Crippen LogP contribution in [-0.4, -0.2) is 83.1 Å². The predicted octanol–water partition coefficient (Wildman–Crippen LogP) is 5.00. The molecule has 56 heavy (non-hydrogen) atoms. The lowest BCUT2D eigenvalue weighted by Gasteiger charge is -2.14. The highest BCUT2D eigenvalue weighted by molar-refractivity contribution is 7.94. The summed E-state index contributed by atoms with van der Waals surface area (Å²) in [6.07, 6.45) is 0. The molecule has 0 fully saturated rings. The quantitative estimate of drug-likeness (QED) is 0.0129. The largest absolute Gasteiger partial charge is 0.505 e. The SMILES string of the molecule is Nc1c(N=Nc2ccc(S(=O)(=O)CCOS(=O)(=O)O)cc2)c(S(=O)(=O)O)cc2cc(SOOO)c(N=Nc3cccc(S(=O)(=O)CCOSOOO)c3)c(O)c12. The average Bonchev–Trinajstić information content (AvgIpc) is 3.12. The van der Waals surface area contributed by atoms with E-state index in [0.717, 1.165) is 42.5 Å². The molecule has 0 saturated carbocycles. The number of anilines is 1. The first-order valence-corrected chi connectivity index (χ1v) is 21.9. The Balaban J connectivity index is 1.74. The first-order chi connectivity index (χ1) is 26.3. The van der Waals surface area contributed by atoms with E-state index in [2.05, 4.69) is 43.4 Å². The van der Waals surface area contributed by atoms with Crippen molar-refractivity contribution in [2.75, 3.05) is 30.5 Å². The predicted molar refractivity (Wildman–Crippen MR) is 192 cm³/mol. The van der Waals surface area contributed by atoms with Gasteiger partial charge in [0.15, 0.2) is 37.7 Å². The van der Waals surface area contributed by atoms with Gasteiger partial charge in [0.25, 0.3) is 10.1 Å². The van der Waals surface area contributed by atoms with E-state index in [4.69, 9.17) is 25.0 Å². The highest BCUT2D eigenvalue weighted by Gasteiger charge is 2.26. The average molecular weight is 904 g/mol. The molecule has 0 aliphatic carbocycles. The van der Waals surface area contributed by atoms with E-state index in [0.29, 0.717) is 0 Å². The normalized spacial score (nSPS) is 13.0. The van der Waals surface area contributed by atoms with Crippen LogP contribution in [0.15, 0.2) is 101 Å². The summed E-state index contributed by atoms with van der Waals surface area (Å²) >= 11 is 0.440. The monoisotopic (exact) mass is 903 g/mol. The molecular formula is C26H25N5O19S6. The zero-order valence-corrected chi connectivity index (χ0v) is 32.3. The number of nitrogen functional groups attached to an aromatic ring is 1. The Morgan fingerprint density at radius 3 is 1.96 bits per heavy atom. The minimum absolute atomic E-state index is 0.0532. The number of aromatic hydroxyl groups is 1. The van der Waals surface area contributed by atoms with Crippen LogP contribution >= 0.6 is 24.4 Å². The van der Waals surface area contributed by atoms with Crippen LogP contribution in [-0.2, 0) is 67.3 Å². The van der Waals surface area contributed by atoms with Gasteiger partial charge in [0.2, 0.25) is 0 Å². The maximum atomic E-state index is 12.8. The van der Waals surface area contributed by atoms with Crippen LogP contribution in [0, 0.1) is 0 Å². The van der Waals surface area contributed by atoms with Gasteiger partial charge in [0, 0.05) is 0 Å². The lowest BCUT2D eigenvalue weighted by Crippen LogP contribution is -2.15. The molecule has 0 aliphatic heterocycles. The van der Waals surface area contributed by atoms with Gasteiger partial charge in [-0.2, -0.15) is 27.1 Å². The van der Waals surface area contributed by atoms with Gasteiger partial charge < -0.3 is 10.8 Å². The van der Waals surface area contributed by atoms with E-state index in [-0.39, 0.29) is 67.8 Å². The van der Waals surface area contributed by atoms with Crippen LogP contribution in [0.3, 0.4) is 0 Å². The second kappa shape index (κ2) is 19.0. The maximum absolute atomic E-state index is 12.8.